The SMILES string of the molecule is COCCC1CN(C2=Nc3ccc(F)cc3Nc3sc(C)cc32)CCN1C. The molecule has 0 amide bonds. The van der Waals surface area contributed by atoms with Crippen LogP contribution in [0.15, 0.2) is 29.3 Å². The van der Waals surface area contributed by atoms with Crippen molar-refractivity contribution in [2.45, 2.75) is 19.4 Å². The molecule has 1 atom stereocenters. The quantitative estimate of drug-likeness (QED) is 0.863. The summed E-state index contributed by atoms with van der Waals surface area (Å²) in [5.74, 6) is 0.719. The van der Waals surface area contributed by atoms with Crippen molar-refractivity contribution in [1.82, 2.24) is 9.80 Å². The number of anilines is 2. The minimum atomic E-state index is -0.256. The van der Waals surface area contributed by atoms with Crippen molar-refractivity contribution in [3.8, 4) is 0 Å². The van der Waals surface area contributed by atoms with Crippen LogP contribution in [0, 0.1) is 12.7 Å². The summed E-state index contributed by atoms with van der Waals surface area (Å²) in [6.07, 6.45) is 0.992. The number of hydrogen-bond acceptors (Lipinski definition) is 6. The van der Waals surface area contributed by atoms with E-state index in [0.717, 1.165) is 60.4 Å². The molecular formula is C20H25FN4OS. The van der Waals surface area contributed by atoms with Crippen molar-refractivity contribution in [1.29, 1.82) is 0 Å². The van der Waals surface area contributed by atoms with E-state index in [9.17, 15) is 4.39 Å². The van der Waals surface area contributed by atoms with E-state index < -0.39 is 0 Å². The number of methoxy groups -OCH3 is 1. The molecule has 1 unspecified atom stereocenters. The Balaban J connectivity index is 1.72. The number of amidine groups is 1. The predicted molar refractivity (Wildman–Crippen MR) is 109 cm³/mol. The number of benzene rings is 1. The van der Waals surface area contributed by atoms with E-state index in [1.54, 1.807) is 24.5 Å². The molecule has 0 saturated carbocycles. The molecule has 0 spiro atoms. The highest BCUT2D eigenvalue weighted by molar-refractivity contribution is 7.16. The van der Waals surface area contributed by atoms with E-state index in [2.05, 4.69) is 35.2 Å². The normalized spacial score (nSPS) is 19.8. The summed E-state index contributed by atoms with van der Waals surface area (Å²) in [7, 11) is 3.92. The molecule has 7 heteroatoms. The maximum atomic E-state index is 13.8. The molecule has 144 valence electrons. The minimum absolute atomic E-state index is 0.256. The van der Waals surface area contributed by atoms with Crippen LogP contribution in [-0.4, -0.2) is 62.1 Å². The van der Waals surface area contributed by atoms with Crippen LogP contribution in [0.2, 0.25) is 0 Å². The zero-order valence-corrected chi connectivity index (χ0v) is 16.8. The fraction of sp³-hybridized carbons (Fsp3) is 0.450. The lowest BCUT2D eigenvalue weighted by Gasteiger charge is -2.40. The number of aryl methyl sites for hydroxylation is 1. The summed E-state index contributed by atoms with van der Waals surface area (Å²) < 4.78 is 19.1. The number of hydrogen-bond donors (Lipinski definition) is 1. The number of likely N-dealkylation sites (N-methyl/N-ethyl adjacent to an activating group) is 1. The van der Waals surface area contributed by atoms with Crippen LogP contribution < -0.4 is 5.32 Å². The van der Waals surface area contributed by atoms with Crippen molar-refractivity contribution >= 4 is 33.5 Å². The Morgan fingerprint density at radius 1 is 1.33 bits per heavy atom. The van der Waals surface area contributed by atoms with Crippen LogP contribution in [0.1, 0.15) is 16.9 Å². The third kappa shape index (κ3) is 3.72. The first kappa shape index (κ1) is 18.4. The molecule has 3 heterocycles. The van der Waals surface area contributed by atoms with Gasteiger partial charge in [0, 0.05) is 44.3 Å². The lowest BCUT2D eigenvalue weighted by Crippen LogP contribution is -2.53. The molecule has 27 heavy (non-hydrogen) atoms. The van der Waals surface area contributed by atoms with Crippen LogP contribution in [0.4, 0.5) is 20.8 Å². The average molecular weight is 389 g/mol. The first-order valence-corrected chi connectivity index (χ1v) is 10.1. The maximum Gasteiger partial charge on any atom is 0.139 e. The second kappa shape index (κ2) is 7.58. The zero-order chi connectivity index (χ0) is 19.0. The van der Waals surface area contributed by atoms with E-state index in [1.807, 2.05) is 0 Å². The molecule has 2 aromatic rings. The van der Waals surface area contributed by atoms with Crippen molar-refractivity contribution in [3.05, 3.63) is 40.5 Å². The van der Waals surface area contributed by atoms with Gasteiger partial charge in [0.1, 0.15) is 16.7 Å². The Morgan fingerprint density at radius 2 is 2.19 bits per heavy atom. The second-order valence-corrected chi connectivity index (χ2v) is 8.44. The van der Waals surface area contributed by atoms with Gasteiger partial charge in [-0.05, 0) is 44.7 Å². The van der Waals surface area contributed by atoms with Crippen molar-refractivity contribution in [3.63, 3.8) is 0 Å². The highest BCUT2D eigenvalue weighted by atomic mass is 32.1. The van der Waals surface area contributed by atoms with E-state index in [4.69, 9.17) is 9.73 Å². The summed E-state index contributed by atoms with van der Waals surface area (Å²) in [5, 5.41) is 4.43. The van der Waals surface area contributed by atoms with E-state index in [1.165, 1.54) is 17.0 Å². The molecule has 2 aliphatic heterocycles. The molecule has 1 N–H and O–H groups in total. The Hall–Kier alpha value is -1.96. The number of halogens is 1. The number of aliphatic imine (C=N–C) groups is 1. The first-order chi connectivity index (χ1) is 13.0. The summed E-state index contributed by atoms with van der Waals surface area (Å²) >= 11 is 1.68. The van der Waals surface area contributed by atoms with Gasteiger partial charge in [0.05, 0.1) is 16.9 Å². The number of piperazine rings is 1. The summed E-state index contributed by atoms with van der Waals surface area (Å²) in [4.78, 5) is 10.9. The van der Waals surface area contributed by atoms with Crippen LogP contribution in [0.5, 0.6) is 0 Å². The number of rotatable bonds is 3. The van der Waals surface area contributed by atoms with Gasteiger partial charge in [0.15, 0.2) is 0 Å². The fourth-order valence-electron chi connectivity index (χ4n) is 3.72. The summed E-state index contributed by atoms with van der Waals surface area (Å²) in [6, 6.07) is 7.34. The van der Waals surface area contributed by atoms with Gasteiger partial charge in [-0.25, -0.2) is 9.38 Å². The Morgan fingerprint density at radius 3 is 3.00 bits per heavy atom. The van der Waals surface area contributed by atoms with Gasteiger partial charge in [-0.1, -0.05) is 0 Å². The van der Waals surface area contributed by atoms with E-state index in [0.29, 0.717) is 6.04 Å². The predicted octanol–water partition coefficient (Wildman–Crippen LogP) is 3.98. The van der Waals surface area contributed by atoms with Gasteiger partial charge in [-0.15, -0.1) is 11.3 Å². The average Bonchev–Trinajstić information content (AvgIpc) is 2.93. The van der Waals surface area contributed by atoms with Gasteiger partial charge in [0.2, 0.25) is 0 Å². The largest absolute Gasteiger partial charge is 0.385 e. The monoisotopic (exact) mass is 388 g/mol. The van der Waals surface area contributed by atoms with E-state index in [-0.39, 0.29) is 5.82 Å². The molecule has 0 bridgehead atoms. The molecule has 0 radical (unpaired) electrons. The van der Waals surface area contributed by atoms with Crippen LogP contribution in [0.25, 0.3) is 0 Å². The van der Waals surface area contributed by atoms with Gasteiger partial charge < -0.3 is 15.0 Å². The van der Waals surface area contributed by atoms with Crippen molar-refractivity contribution in [2.75, 3.05) is 45.7 Å². The number of nitrogens with zero attached hydrogens (tertiary/aromatic N) is 3. The van der Waals surface area contributed by atoms with Gasteiger partial charge in [-0.2, -0.15) is 0 Å². The molecule has 0 aliphatic carbocycles. The molecule has 2 aliphatic rings. The maximum absolute atomic E-state index is 13.8. The van der Waals surface area contributed by atoms with Crippen molar-refractivity contribution in [2.24, 2.45) is 4.99 Å². The highest BCUT2D eigenvalue weighted by Crippen LogP contribution is 2.39. The number of thiophene rings is 1. The number of fused-ring (bicyclic) bond motifs is 2. The van der Waals surface area contributed by atoms with Crippen molar-refractivity contribution < 1.29 is 9.13 Å². The zero-order valence-electron chi connectivity index (χ0n) is 16.0. The van der Waals surface area contributed by atoms with E-state index >= 15 is 0 Å². The Bertz CT molecular complexity index is 866. The summed E-state index contributed by atoms with van der Waals surface area (Å²) in [6.45, 7) is 5.65. The molecule has 5 nitrogen and oxygen atoms in total. The van der Waals surface area contributed by atoms with Gasteiger partial charge >= 0.3 is 0 Å². The second-order valence-electron chi connectivity index (χ2n) is 7.18. The lowest BCUT2D eigenvalue weighted by molar-refractivity contribution is 0.100. The first-order valence-electron chi connectivity index (χ1n) is 9.25. The number of ether oxygens (including phenoxy) is 1. The van der Waals surface area contributed by atoms with Gasteiger partial charge in [0.25, 0.3) is 0 Å². The Labute approximate surface area is 163 Å². The third-order valence-corrected chi connectivity index (χ3v) is 6.23. The molecule has 1 fully saturated rings. The summed E-state index contributed by atoms with van der Waals surface area (Å²) in [5.41, 5.74) is 2.60. The Kier molecular flexibility index (Phi) is 5.16. The molecule has 1 aromatic heterocycles. The molecule has 1 aromatic carbocycles. The number of nitrogens with one attached hydrogen (secondary N) is 1. The van der Waals surface area contributed by atoms with Gasteiger partial charge in [-0.3, -0.25) is 4.90 Å². The van der Waals surface area contributed by atoms with Crippen LogP contribution in [0.3, 0.4) is 0 Å². The smallest absolute Gasteiger partial charge is 0.139 e. The topological polar surface area (TPSA) is 40.1 Å². The lowest BCUT2D eigenvalue weighted by atomic mass is 10.1. The highest BCUT2D eigenvalue weighted by Gasteiger charge is 2.30. The third-order valence-electron chi connectivity index (χ3n) is 5.26. The molecular weight excluding hydrogens is 363 g/mol. The standard InChI is InChI=1S/C20H25FN4OS/c1-13-10-16-19(25-8-7-24(2)15(12-25)6-9-26-3)22-17-5-4-14(21)11-18(17)23-20(16)27-13/h4-5,10-11,15,23H,6-9,12H2,1-3H3. The fourth-order valence-corrected chi connectivity index (χ4v) is 4.64. The minimum Gasteiger partial charge on any atom is -0.385 e. The van der Waals surface area contributed by atoms with Crippen LogP contribution in [-0.2, 0) is 4.74 Å². The molecule has 4 rings (SSSR count). The van der Waals surface area contributed by atoms with Crippen LogP contribution >= 0.6 is 11.3 Å². The molecule has 1 saturated heterocycles.